The van der Waals surface area contributed by atoms with Crippen molar-refractivity contribution in [3.05, 3.63) is 40.6 Å². The third kappa shape index (κ3) is 4.44. The lowest BCUT2D eigenvalue weighted by atomic mass is 10.1. The molecule has 3 rings (SSSR count). The Hall–Kier alpha value is -1.15. The normalized spacial score (nSPS) is 14.7. The molecule has 0 N–H and O–H groups in total. The molecule has 0 amide bonds. The van der Waals surface area contributed by atoms with Crippen molar-refractivity contribution in [1.82, 2.24) is 4.58 Å². The average molecular weight is 369 g/mol. The summed E-state index contributed by atoms with van der Waals surface area (Å²) in [5.74, 6) is 1.29. The van der Waals surface area contributed by atoms with Crippen LogP contribution in [-0.4, -0.2) is 44.9 Å². The molecule has 1 aromatic heterocycles. The first kappa shape index (κ1) is 16.7. The summed E-state index contributed by atoms with van der Waals surface area (Å²) < 4.78 is 15.4. The van der Waals surface area contributed by atoms with Crippen LogP contribution in [0, 0.1) is 0 Å². The minimum Gasteiger partial charge on any atom is -0.497 e. The number of ketones is 1. The highest BCUT2D eigenvalue weighted by atomic mass is 32.9. The zero-order chi connectivity index (χ0) is 16.1. The molecule has 1 aliphatic heterocycles. The van der Waals surface area contributed by atoms with Crippen molar-refractivity contribution in [2.24, 2.45) is 0 Å². The predicted molar refractivity (Wildman–Crippen MR) is 96.1 cm³/mol. The molecule has 2 heterocycles. The molecule has 1 saturated heterocycles. The van der Waals surface area contributed by atoms with E-state index in [2.05, 4.69) is 10.6 Å². The highest BCUT2D eigenvalue weighted by Crippen LogP contribution is 2.25. The molecule has 1 fully saturated rings. The predicted octanol–water partition coefficient (Wildman–Crippen LogP) is 2.60. The second-order valence-electron chi connectivity index (χ2n) is 5.01. The Labute approximate surface area is 146 Å². The third-order valence-electron chi connectivity index (χ3n) is 3.51. The van der Waals surface area contributed by atoms with Gasteiger partial charge in [0, 0.05) is 11.6 Å². The molecular formula is C16H18NO3S3+. The first-order valence-electron chi connectivity index (χ1n) is 7.32. The summed E-state index contributed by atoms with van der Waals surface area (Å²) in [6, 6.07) is 9.50. The molecule has 23 heavy (non-hydrogen) atoms. The SMILES string of the molecule is COc1cccc(C(=O)CSc2cc(=[N+]3CCOCC3)ss2)c1. The molecule has 0 spiro atoms. The molecule has 0 radical (unpaired) electrons. The monoisotopic (exact) mass is 368 g/mol. The van der Waals surface area contributed by atoms with Crippen molar-refractivity contribution in [2.75, 3.05) is 39.2 Å². The lowest BCUT2D eigenvalue weighted by Gasteiger charge is -2.09. The molecular weight excluding hydrogens is 350 g/mol. The van der Waals surface area contributed by atoms with Gasteiger partial charge in [-0.3, -0.25) is 4.79 Å². The molecule has 1 aliphatic rings. The topological polar surface area (TPSA) is 38.5 Å². The summed E-state index contributed by atoms with van der Waals surface area (Å²) >= 11 is 1.60. The maximum Gasteiger partial charge on any atom is 0.268 e. The fourth-order valence-electron chi connectivity index (χ4n) is 2.24. The maximum atomic E-state index is 12.3. The van der Waals surface area contributed by atoms with E-state index in [4.69, 9.17) is 9.47 Å². The Morgan fingerprint density at radius 2 is 2.13 bits per heavy atom. The van der Waals surface area contributed by atoms with Crippen molar-refractivity contribution >= 4 is 38.2 Å². The summed E-state index contributed by atoms with van der Waals surface area (Å²) in [6.07, 6.45) is 0. The van der Waals surface area contributed by atoms with Crippen LogP contribution in [-0.2, 0) is 4.74 Å². The van der Waals surface area contributed by atoms with Crippen molar-refractivity contribution in [3.63, 3.8) is 0 Å². The quantitative estimate of drug-likeness (QED) is 0.352. The zero-order valence-electron chi connectivity index (χ0n) is 12.8. The van der Waals surface area contributed by atoms with Crippen molar-refractivity contribution in [3.8, 4) is 5.75 Å². The Bertz CT molecular complexity index is 743. The van der Waals surface area contributed by atoms with Crippen molar-refractivity contribution in [1.29, 1.82) is 0 Å². The molecule has 0 bridgehead atoms. The van der Waals surface area contributed by atoms with Gasteiger partial charge >= 0.3 is 0 Å². The van der Waals surface area contributed by atoms with E-state index >= 15 is 0 Å². The van der Waals surface area contributed by atoms with Crippen LogP contribution < -0.4 is 14.0 Å². The van der Waals surface area contributed by atoms with E-state index in [1.807, 2.05) is 18.2 Å². The van der Waals surface area contributed by atoms with Crippen molar-refractivity contribution in [2.45, 2.75) is 4.21 Å². The molecule has 2 aromatic rings. The first-order valence-corrected chi connectivity index (χ1v) is 10.5. The van der Waals surface area contributed by atoms with Crippen molar-refractivity contribution < 1.29 is 14.3 Å². The number of methoxy groups -OCH3 is 1. The zero-order valence-corrected chi connectivity index (χ0v) is 15.3. The number of rotatable bonds is 5. The van der Waals surface area contributed by atoms with Crippen LogP contribution in [0.3, 0.4) is 0 Å². The van der Waals surface area contributed by atoms with E-state index in [1.165, 1.54) is 8.88 Å². The Morgan fingerprint density at radius 3 is 2.91 bits per heavy atom. The van der Waals surface area contributed by atoms with Gasteiger partial charge in [0.05, 0.1) is 17.1 Å². The first-order chi connectivity index (χ1) is 11.3. The van der Waals surface area contributed by atoms with Crippen LogP contribution in [0.4, 0.5) is 0 Å². The number of hydrogen-bond donors (Lipinski definition) is 0. The molecule has 7 heteroatoms. The van der Waals surface area contributed by atoms with Gasteiger partial charge in [-0.1, -0.05) is 22.5 Å². The number of ether oxygens (including phenoxy) is 2. The summed E-state index contributed by atoms with van der Waals surface area (Å²) in [4.78, 5) is 12.3. The van der Waals surface area contributed by atoms with Crippen LogP contribution >= 0.6 is 32.4 Å². The van der Waals surface area contributed by atoms with Gasteiger partial charge in [0.1, 0.15) is 19.0 Å². The van der Waals surface area contributed by atoms with Gasteiger partial charge in [0.2, 0.25) is 0 Å². The highest BCUT2D eigenvalue weighted by Gasteiger charge is 2.14. The fourth-order valence-corrected chi connectivity index (χ4v) is 6.02. The molecule has 4 nitrogen and oxygen atoms in total. The smallest absolute Gasteiger partial charge is 0.268 e. The number of benzene rings is 1. The number of carbonyl (C=O) groups excluding carboxylic acids is 1. The van der Waals surface area contributed by atoms with Crippen LogP contribution in [0.25, 0.3) is 0 Å². The van der Waals surface area contributed by atoms with E-state index in [1.54, 1.807) is 45.6 Å². The lowest BCUT2D eigenvalue weighted by molar-refractivity contribution is 0.0971. The molecule has 0 atom stereocenters. The van der Waals surface area contributed by atoms with Gasteiger partial charge in [-0.15, -0.1) is 11.8 Å². The maximum absolute atomic E-state index is 12.3. The second kappa shape index (κ2) is 8.10. The van der Waals surface area contributed by atoms with Gasteiger partial charge in [-0.05, 0) is 22.5 Å². The minimum atomic E-state index is 0.125. The van der Waals surface area contributed by atoms with E-state index in [-0.39, 0.29) is 5.78 Å². The summed E-state index contributed by atoms with van der Waals surface area (Å²) in [7, 11) is 5.11. The molecule has 0 unspecified atom stereocenters. The number of nitrogens with zero attached hydrogens (tertiary/aromatic N) is 1. The number of morpholine rings is 1. The van der Waals surface area contributed by atoms with Crippen LogP contribution in [0.15, 0.2) is 34.5 Å². The molecule has 1 aromatic carbocycles. The van der Waals surface area contributed by atoms with Gasteiger partial charge in [0.25, 0.3) is 4.67 Å². The van der Waals surface area contributed by atoms with Gasteiger partial charge in [-0.25, -0.2) is 4.58 Å². The Kier molecular flexibility index (Phi) is 5.88. The molecule has 122 valence electrons. The van der Waals surface area contributed by atoms with Crippen LogP contribution in [0.5, 0.6) is 5.75 Å². The van der Waals surface area contributed by atoms with Gasteiger partial charge in [-0.2, -0.15) is 0 Å². The number of hydrogen-bond acceptors (Lipinski definition) is 6. The standard InChI is InChI=1S/C16H18NO3S3/c1-19-13-4-2-3-12(9-13)14(18)11-21-16-10-15(22-23-16)17-5-7-20-8-6-17/h2-4,9-10H,5-8,11H2,1H3/q+1. The summed E-state index contributed by atoms with van der Waals surface area (Å²) in [5, 5.41) is 0. The van der Waals surface area contributed by atoms with E-state index in [0.29, 0.717) is 17.1 Å². The Morgan fingerprint density at radius 1 is 1.30 bits per heavy atom. The highest BCUT2D eigenvalue weighted by molar-refractivity contribution is 8.03. The van der Waals surface area contributed by atoms with Crippen LogP contribution in [0.2, 0.25) is 0 Å². The summed E-state index contributed by atoms with van der Waals surface area (Å²) in [5.41, 5.74) is 0.700. The number of thioether (sulfide) groups is 1. The molecule has 0 saturated carbocycles. The number of Topliss-reactive ketones (excluding diaryl/α,β-unsaturated/α-hetero) is 1. The summed E-state index contributed by atoms with van der Waals surface area (Å²) in [6.45, 7) is 3.47. The van der Waals surface area contributed by atoms with Crippen LogP contribution in [0.1, 0.15) is 10.4 Å². The minimum absolute atomic E-state index is 0.125. The number of carbonyl (C=O) groups is 1. The van der Waals surface area contributed by atoms with E-state index in [9.17, 15) is 4.79 Å². The Balaban J connectivity index is 1.64. The van der Waals surface area contributed by atoms with E-state index < -0.39 is 0 Å². The molecule has 0 aliphatic carbocycles. The van der Waals surface area contributed by atoms with Gasteiger partial charge in [0.15, 0.2) is 18.9 Å². The van der Waals surface area contributed by atoms with Gasteiger partial charge < -0.3 is 9.47 Å². The van der Waals surface area contributed by atoms with E-state index in [0.717, 1.165) is 26.3 Å². The second-order valence-corrected chi connectivity index (χ2v) is 8.48. The fraction of sp³-hybridized carbons (Fsp3) is 0.375. The average Bonchev–Trinajstić information content (AvgIpc) is 3.09. The third-order valence-corrected chi connectivity index (χ3v) is 7.45. The lowest BCUT2D eigenvalue weighted by Crippen LogP contribution is -2.38. The largest absolute Gasteiger partial charge is 0.497 e.